The van der Waals surface area contributed by atoms with Crippen LogP contribution in [0.5, 0.6) is 5.75 Å². The van der Waals surface area contributed by atoms with E-state index in [4.69, 9.17) is 9.94 Å². The predicted octanol–water partition coefficient (Wildman–Crippen LogP) is 2.96. The van der Waals surface area contributed by atoms with Crippen LogP contribution in [0.25, 0.3) is 10.9 Å². The number of carbonyl (C=O) groups is 1. The molecular formula is C17H15FN2O3. The minimum Gasteiger partial charge on any atom is -0.494 e. The quantitative estimate of drug-likeness (QED) is 0.575. The molecule has 0 bridgehead atoms. The lowest BCUT2D eigenvalue weighted by Crippen LogP contribution is -2.18. The van der Waals surface area contributed by atoms with E-state index >= 15 is 0 Å². The number of amides is 1. The number of methoxy groups -OCH3 is 1. The van der Waals surface area contributed by atoms with Gasteiger partial charge >= 0.3 is 0 Å². The second kappa shape index (κ2) is 6.10. The van der Waals surface area contributed by atoms with Crippen LogP contribution >= 0.6 is 0 Å². The third kappa shape index (κ3) is 2.89. The monoisotopic (exact) mass is 314 g/mol. The van der Waals surface area contributed by atoms with Gasteiger partial charge in [-0.05, 0) is 41.3 Å². The van der Waals surface area contributed by atoms with Gasteiger partial charge in [0.2, 0.25) is 0 Å². The Labute approximate surface area is 131 Å². The van der Waals surface area contributed by atoms with E-state index in [2.05, 4.69) is 0 Å². The van der Waals surface area contributed by atoms with Gasteiger partial charge in [-0.15, -0.1) is 0 Å². The van der Waals surface area contributed by atoms with Crippen LogP contribution in [0.4, 0.5) is 4.39 Å². The molecule has 0 saturated heterocycles. The lowest BCUT2D eigenvalue weighted by molar-refractivity contribution is 0.0706. The Hall–Kier alpha value is -2.86. The summed E-state index contributed by atoms with van der Waals surface area (Å²) in [4.78, 5) is 11.5. The number of fused-ring (bicyclic) bond motifs is 1. The summed E-state index contributed by atoms with van der Waals surface area (Å²) in [6.07, 6.45) is 1.89. The molecule has 1 aromatic heterocycles. The lowest BCUT2D eigenvalue weighted by atomic mass is 10.1. The first-order chi connectivity index (χ1) is 11.1. The number of benzene rings is 2. The molecule has 6 heteroatoms. The molecule has 1 amide bonds. The summed E-state index contributed by atoms with van der Waals surface area (Å²) in [5, 5.41) is 9.71. The largest absolute Gasteiger partial charge is 0.494 e. The van der Waals surface area contributed by atoms with Crippen LogP contribution < -0.4 is 10.2 Å². The van der Waals surface area contributed by atoms with E-state index in [-0.39, 0.29) is 5.75 Å². The zero-order chi connectivity index (χ0) is 16.4. The van der Waals surface area contributed by atoms with Crippen molar-refractivity contribution in [1.82, 2.24) is 10.0 Å². The molecule has 0 aliphatic rings. The van der Waals surface area contributed by atoms with Crippen molar-refractivity contribution in [2.24, 2.45) is 0 Å². The van der Waals surface area contributed by atoms with E-state index in [1.165, 1.54) is 13.2 Å². The topological polar surface area (TPSA) is 63.5 Å². The van der Waals surface area contributed by atoms with E-state index in [1.807, 2.05) is 22.9 Å². The molecule has 0 radical (unpaired) electrons. The molecule has 2 N–H and O–H groups in total. The molecule has 0 aliphatic heterocycles. The van der Waals surface area contributed by atoms with Gasteiger partial charge in [0.05, 0.1) is 7.11 Å². The molecule has 0 saturated carbocycles. The maximum absolute atomic E-state index is 13.5. The van der Waals surface area contributed by atoms with Gasteiger partial charge in [-0.2, -0.15) is 0 Å². The molecule has 0 unspecified atom stereocenters. The number of hydrogen-bond donors (Lipinski definition) is 2. The minimum atomic E-state index is -0.567. The van der Waals surface area contributed by atoms with Crippen LogP contribution in [-0.4, -0.2) is 22.8 Å². The van der Waals surface area contributed by atoms with Crippen molar-refractivity contribution in [2.45, 2.75) is 6.54 Å². The first-order valence-corrected chi connectivity index (χ1v) is 6.98. The van der Waals surface area contributed by atoms with Gasteiger partial charge in [0, 0.05) is 23.8 Å². The third-order valence-electron chi connectivity index (χ3n) is 3.71. The highest BCUT2D eigenvalue weighted by Crippen LogP contribution is 2.22. The molecule has 1 heterocycles. The smallest absolute Gasteiger partial charge is 0.274 e. The second-order valence-corrected chi connectivity index (χ2v) is 5.13. The fourth-order valence-corrected chi connectivity index (χ4v) is 2.53. The molecule has 23 heavy (non-hydrogen) atoms. The van der Waals surface area contributed by atoms with E-state index in [0.29, 0.717) is 12.1 Å². The number of halogens is 1. The molecule has 0 fully saturated rings. The van der Waals surface area contributed by atoms with Crippen LogP contribution in [0.1, 0.15) is 15.9 Å². The average Bonchev–Trinajstić information content (AvgIpc) is 2.98. The molecule has 2 aromatic carbocycles. The molecule has 118 valence electrons. The highest BCUT2D eigenvalue weighted by atomic mass is 19.1. The minimum absolute atomic E-state index is 0.194. The Kier molecular flexibility index (Phi) is 3.99. The Morgan fingerprint density at radius 1 is 1.26 bits per heavy atom. The van der Waals surface area contributed by atoms with Gasteiger partial charge in [0.25, 0.3) is 5.91 Å². The van der Waals surface area contributed by atoms with Crippen LogP contribution in [0.15, 0.2) is 48.7 Å². The van der Waals surface area contributed by atoms with E-state index in [1.54, 1.807) is 29.7 Å². The van der Waals surface area contributed by atoms with Crippen molar-refractivity contribution in [3.63, 3.8) is 0 Å². The predicted molar refractivity (Wildman–Crippen MR) is 83.2 cm³/mol. The molecular weight excluding hydrogens is 299 g/mol. The first-order valence-electron chi connectivity index (χ1n) is 6.98. The Morgan fingerprint density at radius 2 is 2.09 bits per heavy atom. The van der Waals surface area contributed by atoms with Crippen LogP contribution in [0.3, 0.4) is 0 Å². The Balaban J connectivity index is 1.98. The number of nitrogens with one attached hydrogen (secondary N) is 1. The normalized spacial score (nSPS) is 10.7. The van der Waals surface area contributed by atoms with Crippen LogP contribution in [0.2, 0.25) is 0 Å². The molecule has 0 atom stereocenters. The zero-order valence-electron chi connectivity index (χ0n) is 12.4. The number of carbonyl (C=O) groups excluding carboxylic acids is 1. The second-order valence-electron chi connectivity index (χ2n) is 5.13. The Bertz CT molecular complexity index is 873. The number of ether oxygens (including phenoxy) is 1. The summed E-state index contributed by atoms with van der Waals surface area (Å²) >= 11 is 0. The standard InChI is InChI=1S/C17H15FN2O3/c1-23-16-8-11(2-5-14(16)18)10-20-7-6-12-3-4-13(9-15(12)20)17(21)19-22/h2-9,22H,10H2,1H3,(H,19,21). The lowest BCUT2D eigenvalue weighted by Gasteiger charge is -2.09. The van der Waals surface area contributed by atoms with Crippen molar-refractivity contribution in [1.29, 1.82) is 0 Å². The molecule has 0 aliphatic carbocycles. The number of hydrogen-bond acceptors (Lipinski definition) is 3. The summed E-state index contributed by atoms with van der Waals surface area (Å²) in [5.74, 6) is -0.780. The number of nitrogens with zero attached hydrogens (tertiary/aromatic N) is 1. The summed E-state index contributed by atoms with van der Waals surface area (Å²) in [7, 11) is 1.42. The first kappa shape index (κ1) is 15.1. The fraction of sp³-hybridized carbons (Fsp3) is 0.118. The van der Waals surface area contributed by atoms with Gasteiger partial charge in [-0.3, -0.25) is 10.0 Å². The van der Waals surface area contributed by atoms with Crippen molar-refractivity contribution in [3.05, 3.63) is 65.6 Å². The number of rotatable bonds is 4. The van der Waals surface area contributed by atoms with Crippen molar-refractivity contribution < 1.29 is 19.1 Å². The van der Waals surface area contributed by atoms with Crippen molar-refractivity contribution in [2.75, 3.05) is 7.11 Å². The highest BCUT2D eigenvalue weighted by molar-refractivity contribution is 5.97. The fourth-order valence-electron chi connectivity index (χ4n) is 2.53. The van der Waals surface area contributed by atoms with Crippen molar-refractivity contribution >= 4 is 16.8 Å². The van der Waals surface area contributed by atoms with E-state index in [9.17, 15) is 9.18 Å². The summed E-state index contributed by atoms with van der Waals surface area (Å²) < 4.78 is 20.4. The number of aromatic nitrogens is 1. The van der Waals surface area contributed by atoms with Gasteiger partial charge in [-0.1, -0.05) is 12.1 Å². The Morgan fingerprint density at radius 3 is 2.83 bits per heavy atom. The molecule has 0 spiro atoms. The molecule has 5 nitrogen and oxygen atoms in total. The van der Waals surface area contributed by atoms with Crippen LogP contribution in [-0.2, 0) is 6.54 Å². The maximum Gasteiger partial charge on any atom is 0.274 e. The van der Waals surface area contributed by atoms with Gasteiger partial charge in [-0.25, -0.2) is 9.87 Å². The molecule has 3 aromatic rings. The van der Waals surface area contributed by atoms with Crippen molar-refractivity contribution in [3.8, 4) is 5.75 Å². The molecule has 3 rings (SSSR count). The van der Waals surface area contributed by atoms with Gasteiger partial charge < -0.3 is 9.30 Å². The SMILES string of the molecule is COc1cc(Cn2ccc3ccc(C(=O)NO)cc32)ccc1F. The van der Waals surface area contributed by atoms with E-state index < -0.39 is 11.7 Å². The third-order valence-corrected chi connectivity index (χ3v) is 3.71. The zero-order valence-corrected chi connectivity index (χ0v) is 12.4. The van der Waals surface area contributed by atoms with Crippen LogP contribution in [0, 0.1) is 5.82 Å². The highest BCUT2D eigenvalue weighted by Gasteiger charge is 2.09. The summed E-state index contributed by atoms with van der Waals surface area (Å²) in [6, 6.07) is 11.8. The number of hydroxylamine groups is 1. The average molecular weight is 314 g/mol. The van der Waals surface area contributed by atoms with Gasteiger partial charge in [0.1, 0.15) is 0 Å². The van der Waals surface area contributed by atoms with E-state index in [0.717, 1.165) is 16.5 Å². The van der Waals surface area contributed by atoms with Gasteiger partial charge in [0.15, 0.2) is 11.6 Å². The summed E-state index contributed by atoms with van der Waals surface area (Å²) in [5.41, 5.74) is 3.70. The summed E-state index contributed by atoms with van der Waals surface area (Å²) in [6.45, 7) is 0.504. The maximum atomic E-state index is 13.5.